The van der Waals surface area contributed by atoms with Gasteiger partial charge in [-0.2, -0.15) is 16.1 Å². The molecule has 2 heterocycles. The molecule has 0 bridgehead atoms. The van der Waals surface area contributed by atoms with Crippen LogP contribution in [0.15, 0.2) is 23.4 Å². The van der Waals surface area contributed by atoms with Crippen LogP contribution in [0.25, 0.3) is 0 Å². The number of nitrogens with two attached hydrogens (primary N) is 1. The molecule has 1 saturated heterocycles. The van der Waals surface area contributed by atoms with Crippen molar-refractivity contribution in [1.29, 1.82) is 0 Å². The van der Waals surface area contributed by atoms with E-state index in [0.29, 0.717) is 13.1 Å². The summed E-state index contributed by atoms with van der Waals surface area (Å²) in [5.41, 5.74) is 5.85. The van der Waals surface area contributed by atoms with Gasteiger partial charge in [-0.3, -0.25) is 0 Å². The fourth-order valence-corrected chi connectivity index (χ4v) is 4.13. The Morgan fingerprint density at radius 2 is 2.06 bits per heavy atom. The predicted molar refractivity (Wildman–Crippen MR) is 64.7 cm³/mol. The van der Waals surface area contributed by atoms with Gasteiger partial charge in [0, 0.05) is 30.8 Å². The molecule has 0 aromatic carbocycles. The van der Waals surface area contributed by atoms with Crippen molar-refractivity contribution in [3.63, 3.8) is 0 Å². The second-order valence-electron chi connectivity index (χ2n) is 3.41. The Bertz CT molecular complexity index is 469. The maximum atomic E-state index is 12.2. The molecule has 1 aliphatic rings. The SMILES string of the molecule is Nc1cccnc1S(=O)(=O)N1CCSCC1. The van der Waals surface area contributed by atoms with Crippen molar-refractivity contribution in [3.05, 3.63) is 18.3 Å². The van der Waals surface area contributed by atoms with Crippen LogP contribution in [0.5, 0.6) is 0 Å². The van der Waals surface area contributed by atoms with Gasteiger partial charge in [0.25, 0.3) is 10.0 Å². The van der Waals surface area contributed by atoms with Gasteiger partial charge in [0.05, 0.1) is 5.69 Å². The van der Waals surface area contributed by atoms with Gasteiger partial charge in [-0.15, -0.1) is 0 Å². The molecule has 1 aromatic rings. The van der Waals surface area contributed by atoms with Crippen LogP contribution in [0.2, 0.25) is 0 Å². The highest BCUT2D eigenvalue weighted by molar-refractivity contribution is 7.99. The molecular weight excluding hydrogens is 246 g/mol. The summed E-state index contributed by atoms with van der Waals surface area (Å²) in [4.78, 5) is 3.86. The van der Waals surface area contributed by atoms with Crippen molar-refractivity contribution >= 4 is 27.5 Å². The summed E-state index contributed by atoms with van der Waals surface area (Å²) in [6, 6.07) is 3.18. The standard InChI is InChI=1S/C9H13N3O2S2/c10-8-2-1-3-11-9(8)16(13,14)12-4-6-15-7-5-12/h1-3H,4-7,10H2. The molecule has 1 aromatic heterocycles. The lowest BCUT2D eigenvalue weighted by Gasteiger charge is -2.25. The Labute approximate surface area is 99.1 Å². The second kappa shape index (κ2) is 4.60. The lowest BCUT2D eigenvalue weighted by atomic mass is 10.4. The summed E-state index contributed by atoms with van der Waals surface area (Å²) in [6.45, 7) is 1.06. The van der Waals surface area contributed by atoms with Crippen molar-refractivity contribution in [2.45, 2.75) is 5.03 Å². The molecule has 0 atom stereocenters. The average Bonchev–Trinajstić information content (AvgIpc) is 2.30. The molecule has 1 aliphatic heterocycles. The monoisotopic (exact) mass is 259 g/mol. The molecule has 0 unspecified atom stereocenters. The summed E-state index contributed by atoms with van der Waals surface area (Å²) < 4.78 is 25.8. The molecule has 2 N–H and O–H groups in total. The van der Waals surface area contributed by atoms with E-state index in [1.807, 2.05) is 0 Å². The Morgan fingerprint density at radius 3 is 2.69 bits per heavy atom. The quantitative estimate of drug-likeness (QED) is 0.832. The van der Waals surface area contributed by atoms with E-state index < -0.39 is 10.0 Å². The molecular formula is C9H13N3O2S2. The van der Waals surface area contributed by atoms with Crippen molar-refractivity contribution in [2.75, 3.05) is 30.3 Å². The summed E-state index contributed by atoms with van der Waals surface area (Å²) >= 11 is 1.76. The van der Waals surface area contributed by atoms with E-state index in [1.54, 1.807) is 23.9 Å². The van der Waals surface area contributed by atoms with Crippen molar-refractivity contribution in [3.8, 4) is 0 Å². The number of nitrogens with zero attached hydrogens (tertiary/aromatic N) is 2. The molecule has 88 valence electrons. The second-order valence-corrected chi connectivity index (χ2v) is 6.49. The van der Waals surface area contributed by atoms with Crippen molar-refractivity contribution in [1.82, 2.24) is 9.29 Å². The van der Waals surface area contributed by atoms with E-state index in [-0.39, 0.29) is 10.7 Å². The normalized spacial score (nSPS) is 18.5. The highest BCUT2D eigenvalue weighted by atomic mass is 32.2. The third-order valence-electron chi connectivity index (χ3n) is 2.35. The van der Waals surface area contributed by atoms with Gasteiger partial charge >= 0.3 is 0 Å². The number of thioether (sulfide) groups is 1. The van der Waals surface area contributed by atoms with Crippen LogP contribution in [-0.4, -0.2) is 42.3 Å². The third-order valence-corrected chi connectivity index (χ3v) is 5.17. The first kappa shape index (κ1) is 11.7. The number of nitrogen functional groups attached to an aromatic ring is 1. The lowest BCUT2D eigenvalue weighted by Crippen LogP contribution is -2.38. The summed E-state index contributed by atoms with van der Waals surface area (Å²) in [5.74, 6) is 1.65. The zero-order valence-electron chi connectivity index (χ0n) is 8.67. The largest absolute Gasteiger partial charge is 0.396 e. The first-order chi connectivity index (χ1) is 7.62. The maximum absolute atomic E-state index is 12.2. The van der Waals surface area contributed by atoms with E-state index in [2.05, 4.69) is 4.98 Å². The molecule has 0 aliphatic carbocycles. The molecule has 2 rings (SSSR count). The van der Waals surface area contributed by atoms with Gasteiger partial charge in [0.1, 0.15) is 0 Å². The van der Waals surface area contributed by atoms with Gasteiger partial charge in [-0.05, 0) is 12.1 Å². The Kier molecular flexibility index (Phi) is 3.36. The van der Waals surface area contributed by atoms with Crippen LogP contribution in [-0.2, 0) is 10.0 Å². The number of pyridine rings is 1. The molecule has 0 spiro atoms. The Balaban J connectivity index is 2.35. The maximum Gasteiger partial charge on any atom is 0.262 e. The molecule has 16 heavy (non-hydrogen) atoms. The van der Waals surface area contributed by atoms with Crippen LogP contribution in [0.1, 0.15) is 0 Å². The number of sulfonamides is 1. The summed E-state index contributed by atoms with van der Waals surface area (Å²) in [7, 11) is -3.51. The first-order valence-corrected chi connectivity index (χ1v) is 7.50. The minimum Gasteiger partial charge on any atom is -0.396 e. The highest BCUT2D eigenvalue weighted by Gasteiger charge is 2.28. The highest BCUT2D eigenvalue weighted by Crippen LogP contribution is 2.22. The summed E-state index contributed by atoms with van der Waals surface area (Å²) in [5, 5.41) is -0.0260. The number of hydrogen-bond donors (Lipinski definition) is 1. The van der Waals surface area contributed by atoms with Crippen LogP contribution >= 0.6 is 11.8 Å². The van der Waals surface area contributed by atoms with Gasteiger partial charge in [-0.25, -0.2) is 13.4 Å². The minimum absolute atomic E-state index is 0.0260. The molecule has 0 radical (unpaired) electrons. The molecule has 0 saturated carbocycles. The molecule has 5 nitrogen and oxygen atoms in total. The van der Waals surface area contributed by atoms with Crippen molar-refractivity contribution in [2.24, 2.45) is 0 Å². The van der Waals surface area contributed by atoms with E-state index in [4.69, 9.17) is 5.73 Å². The van der Waals surface area contributed by atoms with E-state index in [0.717, 1.165) is 11.5 Å². The van der Waals surface area contributed by atoms with Crippen LogP contribution in [0.3, 0.4) is 0 Å². The Hall–Kier alpha value is -0.790. The number of hydrogen-bond acceptors (Lipinski definition) is 5. The number of aromatic nitrogens is 1. The van der Waals surface area contributed by atoms with E-state index >= 15 is 0 Å². The number of anilines is 1. The van der Waals surface area contributed by atoms with Gasteiger partial charge < -0.3 is 5.73 Å². The summed E-state index contributed by atoms with van der Waals surface area (Å²) in [6.07, 6.45) is 1.45. The average molecular weight is 259 g/mol. The zero-order valence-corrected chi connectivity index (χ0v) is 10.3. The van der Waals surface area contributed by atoms with Crippen LogP contribution < -0.4 is 5.73 Å². The topological polar surface area (TPSA) is 76.3 Å². The van der Waals surface area contributed by atoms with E-state index in [1.165, 1.54) is 10.5 Å². The van der Waals surface area contributed by atoms with Crippen LogP contribution in [0, 0.1) is 0 Å². The number of rotatable bonds is 2. The fourth-order valence-electron chi connectivity index (χ4n) is 1.53. The van der Waals surface area contributed by atoms with Gasteiger partial charge in [0.2, 0.25) is 0 Å². The minimum atomic E-state index is -3.51. The zero-order chi connectivity index (χ0) is 11.6. The smallest absolute Gasteiger partial charge is 0.262 e. The van der Waals surface area contributed by atoms with Crippen LogP contribution in [0.4, 0.5) is 5.69 Å². The molecule has 7 heteroatoms. The van der Waals surface area contributed by atoms with Gasteiger partial charge in [-0.1, -0.05) is 0 Å². The lowest BCUT2D eigenvalue weighted by molar-refractivity contribution is 0.441. The Morgan fingerprint density at radius 1 is 1.38 bits per heavy atom. The predicted octanol–water partition coefficient (Wildman–Crippen LogP) is 0.401. The fraction of sp³-hybridized carbons (Fsp3) is 0.444. The molecule has 1 fully saturated rings. The van der Waals surface area contributed by atoms with Crippen molar-refractivity contribution < 1.29 is 8.42 Å². The first-order valence-electron chi connectivity index (χ1n) is 4.91. The van der Waals surface area contributed by atoms with E-state index in [9.17, 15) is 8.42 Å². The van der Waals surface area contributed by atoms with Gasteiger partial charge in [0.15, 0.2) is 5.03 Å². The third kappa shape index (κ3) is 2.16. The molecule has 0 amide bonds.